The number of benzene rings is 1. The van der Waals surface area contributed by atoms with Crippen LogP contribution in [0, 0.1) is 0 Å². The van der Waals surface area contributed by atoms with E-state index in [9.17, 15) is 0 Å². The van der Waals surface area contributed by atoms with Crippen molar-refractivity contribution in [2.75, 3.05) is 0 Å². The number of aromatic nitrogens is 4. The van der Waals surface area contributed by atoms with Gasteiger partial charge in [0.15, 0.2) is 0 Å². The fourth-order valence-electron chi connectivity index (χ4n) is 2.03. The van der Waals surface area contributed by atoms with Crippen LogP contribution >= 0.6 is 15.9 Å². The minimum atomic E-state index is 0.714. The molecule has 19 heavy (non-hydrogen) atoms. The van der Waals surface area contributed by atoms with E-state index in [-0.39, 0.29) is 0 Å². The Hall–Kier alpha value is -1.88. The SMILES string of the molecule is Cn1ccnc1Cn1ccnc1-c1cccc(Br)c1. The lowest BCUT2D eigenvalue weighted by molar-refractivity contribution is 0.704. The van der Waals surface area contributed by atoms with Gasteiger partial charge < -0.3 is 9.13 Å². The average molecular weight is 317 g/mol. The monoisotopic (exact) mass is 316 g/mol. The Morgan fingerprint density at radius 3 is 2.74 bits per heavy atom. The van der Waals surface area contributed by atoms with Crippen LogP contribution in [-0.2, 0) is 13.6 Å². The van der Waals surface area contributed by atoms with E-state index in [4.69, 9.17) is 0 Å². The van der Waals surface area contributed by atoms with Gasteiger partial charge in [0.2, 0.25) is 0 Å². The molecule has 0 atom stereocenters. The van der Waals surface area contributed by atoms with Crippen molar-refractivity contribution in [2.45, 2.75) is 6.54 Å². The van der Waals surface area contributed by atoms with Crippen LogP contribution in [0.5, 0.6) is 0 Å². The second-order valence-electron chi connectivity index (χ2n) is 4.34. The van der Waals surface area contributed by atoms with Crippen LogP contribution in [0.2, 0.25) is 0 Å². The number of imidazole rings is 2. The molecule has 1 aromatic carbocycles. The average Bonchev–Trinajstić information content (AvgIpc) is 3.00. The van der Waals surface area contributed by atoms with Gasteiger partial charge in [0, 0.05) is 41.9 Å². The molecule has 0 unspecified atom stereocenters. The smallest absolute Gasteiger partial charge is 0.140 e. The lowest BCUT2D eigenvalue weighted by Gasteiger charge is -2.08. The molecule has 3 aromatic rings. The second-order valence-corrected chi connectivity index (χ2v) is 5.26. The van der Waals surface area contributed by atoms with Gasteiger partial charge in [0.05, 0.1) is 6.54 Å². The lowest BCUT2D eigenvalue weighted by Crippen LogP contribution is -2.06. The molecule has 2 heterocycles. The molecular formula is C14H13BrN4. The van der Waals surface area contributed by atoms with Crippen LogP contribution in [-0.4, -0.2) is 19.1 Å². The first-order valence-electron chi connectivity index (χ1n) is 5.97. The van der Waals surface area contributed by atoms with Crippen LogP contribution in [0.25, 0.3) is 11.4 Å². The molecule has 0 aliphatic heterocycles. The molecule has 0 aliphatic rings. The summed E-state index contributed by atoms with van der Waals surface area (Å²) in [6.07, 6.45) is 7.56. The van der Waals surface area contributed by atoms with Gasteiger partial charge in [-0.3, -0.25) is 0 Å². The van der Waals surface area contributed by atoms with Crippen molar-refractivity contribution >= 4 is 15.9 Å². The molecule has 0 radical (unpaired) electrons. The summed E-state index contributed by atoms with van der Waals surface area (Å²) < 4.78 is 5.17. The first-order chi connectivity index (χ1) is 9.24. The van der Waals surface area contributed by atoms with Crippen molar-refractivity contribution in [3.8, 4) is 11.4 Å². The second kappa shape index (κ2) is 5.01. The maximum Gasteiger partial charge on any atom is 0.140 e. The van der Waals surface area contributed by atoms with Gasteiger partial charge in [-0.15, -0.1) is 0 Å². The Morgan fingerprint density at radius 2 is 2.00 bits per heavy atom. The van der Waals surface area contributed by atoms with Crippen LogP contribution in [0.15, 0.2) is 53.5 Å². The van der Waals surface area contributed by atoms with Crippen molar-refractivity contribution in [3.05, 3.63) is 59.3 Å². The summed E-state index contributed by atoms with van der Waals surface area (Å²) in [6, 6.07) is 8.15. The third-order valence-corrected chi connectivity index (χ3v) is 3.52. The third kappa shape index (κ3) is 2.46. The van der Waals surface area contributed by atoms with Crippen LogP contribution in [0.3, 0.4) is 0 Å². The Kier molecular flexibility index (Phi) is 3.21. The number of rotatable bonds is 3. The van der Waals surface area contributed by atoms with Crippen molar-refractivity contribution in [1.82, 2.24) is 19.1 Å². The zero-order valence-electron chi connectivity index (χ0n) is 10.5. The normalized spacial score (nSPS) is 10.8. The molecule has 0 amide bonds. The first kappa shape index (κ1) is 12.2. The highest BCUT2D eigenvalue weighted by molar-refractivity contribution is 9.10. The summed E-state index contributed by atoms with van der Waals surface area (Å²) in [5.41, 5.74) is 1.09. The Labute approximate surface area is 119 Å². The summed E-state index contributed by atoms with van der Waals surface area (Å²) in [5, 5.41) is 0. The minimum absolute atomic E-state index is 0.714. The van der Waals surface area contributed by atoms with Crippen LogP contribution < -0.4 is 0 Å². The molecule has 0 saturated carbocycles. The molecule has 0 bridgehead atoms. The fourth-order valence-corrected chi connectivity index (χ4v) is 2.43. The van der Waals surface area contributed by atoms with Crippen molar-refractivity contribution < 1.29 is 0 Å². The molecule has 4 nitrogen and oxygen atoms in total. The van der Waals surface area contributed by atoms with Gasteiger partial charge in [0.1, 0.15) is 11.6 Å². The molecular weight excluding hydrogens is 304 g/mol. The molecule has 0 N–H and O–H groups in total. The number of nitrogens with zero attached hydrogens (tertiary/aromatic N) is 4. The van der Waals surface area contributed by atoms with Crippen molar-refractivity contribution in [1.29, 1.82) is 0 Å². The van der Waals surface area contributed by atoms with E-state index in [0.717, 1.165) is 21.7 Å². The number of hydrogen-bond acceptors (Lipinski definition) is 2. The van der Waals surface area contributed by atoms with Gasteiger partial charge in [-0.1, -0.05) is 28.1 Å². The molecule has 0 fully saturated rings. The maximum atomic E-state index is 4.44. The van der Waals surface area contributed by atoms with Gasteiger partial charge in [-0.25, -0.2) is 9.97 Å². The standard InChI is InChI=1S/C14H13BrN4/c1-18-7-5-16-13(18)10-19-8-6-17-14(19)11-3-2-4-12(15)9-11/h2-9H,10H2,1H3. The fraction of sp³-hybridized carbons (Fsp3) is 0.143. The van der Waals surface area contributed by atoms with Crippen molar-refractivity contribution in [3.63, 3.8) is 0 Å². The van der Waals surface area contributed by atoms with Crippen LogP contribution in [0.1, 0.15) is 5.82 Å². The highest BCUT2D eigenvalue weighted by atomic mass is 79.9. The van der Waals surface area contributed by atoms with Gasteiger partial charge in [-0.2, -0.15) is 0 Å². The summed E-state index contributed by atoms with van der Waals surface area (Å²) in [5.74, 6) is 1.96. The van der Waals surface area contributed by atoms with Crippen LogP contribution in [0.4, 0.5) is 0 Å². The van der Waals surface area contributed by atoms with Gasteiger partial charge in [0.25, 0.3) is 0 Å². The molecule has 0 spiro atoms. The largest absolute Gasteiger partial charge is 0.337 e. The molecule has 5 heteroatoms. The predicted molar refractivity (Wildman–Crippen MR) is 77.7 cm³/mol. The minimum Gasteiger partial charge on any atom is -0.337 e. The quantitative estimate of drug-likeness (QED) is 0.744. The van der Waals surface area contributed by atoms with E-state index in [1.54, 1.807) is 0 Å². The van der Waals surface area contributed by atoms with E-state index in [2.05, 4.69) is 42.6 Å². The topological polar surface area (TPSA) is 35.6 Å². The van der Waals surface area contributed by atoms with E-state index in [1.807, 2.05) is 48.5 Å². The Balaban J connectivity index is 1.97. The van der Waals surface area contributed by atoms with Gasteiger partial charge in [-0.05, 0) is 12.1 Å². The Morgan fingerprint density at radius 1 is 1.16 bits per heavy atom. The highest BCUT2D eigenvalue weighted by Crippen LogP contribution is 2.22. The molecule has 96 valence electrons. The predicted octanol–water partition coefficient (Wildman–Crippen LogP) is 3.09. The van der Waals surface area contributed by atoms with Crippen molar-refractivity contribution in [2.24, 2.45) is 7.05 Å². The maximum absolute atomic E-state index is 4.44. The number of hydrogen-bond donors (Lipinski definition) is 0. The Bertz CT molecular complexity index is 699. The number of halogens is 1. The first-order valence-corrected chi connectivity index (χ1v) is 6.76. The molecule has 3 rings (SSSR count). The summed E-state index contributed by atoms with van der Waals surface area (Å²) >= 11 is 3.49. The van der Waals surface area contributed by atoms with E-state index < -0.39 is 0 Å². The van der Waals surface area contributed by atoms with Gasteiger partial charge >= 0.3 is 0 Å². The number of aryl methyl sites for hydroxylation is 1. The molecule has 2 aromatic heterocycles. The summed E-state index contributed by atoms with van der Waals surface area (Å²) in [6.45, 7) is 0.714. The summed E-state index contributed by atoms with van der Waals surface area (Å²) in [7, 11) is 2.00. The molecule has 0 aliphatic carbocycles. The third-order valence-electron chi connectivity index (χ3n) is 3.03. The lowest BCUT2D eigenvalue weighted by atomic mass is 10.2. The zero-order chi connectivity index (χ0) is 13.2. The summed E-state index contributed by atoms with van der Waals surface area (Å²) in [4.78, 5) is 8.79. The zero-order valence-corrected chi connectivity index (χ0v) is 12.1. The molecule has 0 saturated heterocycles. The van der Waals surface area contributed by atoms with E-state index >= 15 is 0 Å². The van der Waals surface area contributed by atoms with E-state index in [0.29, 0.717) is 6.54 Å². The van der Waals surface area contributed by atoms with E-state index in [1.165, 1.54) is 0 Å². The highest BCUT2D eigenvalue weighted by Gasteiger charge is 2.08.